The summed E-state index contributed by atoms with van der Waals surface area (Å²) in [6.45, 7) is 0. The number of fused-ring (bicyclic) bond motifs is 1. The molecule has 0 aliphatic carbocycles. The molecule has 0 spiro atoms. The second kappa shape index (κ2) is 4.52. The number of nitrogens with zero attached hydrogens (tertiary/aromatic N) is 4. The smallest absolute Gasteiger partial charge is 0.230 e. The molecule has 0 unspecified atom stereocenters. The molecule has 4 rings (SSSR count). The van der Waals surface area contributed by atoms with E-state index in [2.05, 4.69) is 15.2 Å². The van der Waals surface area contributed by atoms with Crippen LogP contribution in [0.25, 0.3) is 28.2 Å². The molecule has 0 saturated heterocycles. The van der Waals surface area contributed by atoms with Crippen LogP contribution in [0.3, 0.4) is 0 Å². The molecule has 0 aliphatic rings. The zero-order valence-electron chi connectivity index (χ0n) is 10.8. The second-order valence-electron chi connectivity index (χ2n) is 4.52. The Kier molecular flexibility index (Phi) is 2.53. The van der Waals surface area contributed by atoms with E-state index < -0.39 is 0 Å². The molecular weight excluding hydrogens is 271 g/mol. The Labute approximate surface area is 118 Å². The summed E-state index contributed by atoms with van der Waals surface area (Å²) in [7, 11) is 0. The monoisotopic (exact) mass is 280 g/mol. The number of halogens is 1. The van der Waals surface area contributed by atoms with E-state index in [4.69, 9.17) is 4.42 Å². The Morgan fingerprint density at radius 1 is 1.00 bits per heavy atom. The lowest BCUT2D eigenvalue weighted by atomic mass is 10.2. The fourth-order valence-corrected chi connectivity index (χ4v) is 2.16. The van der Waals surface area contributed by atoms with Gasteiger partial charge in [-0.05, 0) is 24.3 Å². The highest BCUT2D eigenvalue weighted by Crippen LogP contribution is 2.27. The van der Waals surface area contributed by atoms with Crippen molar-refractivity contribution in [2.75, 3.05) is 0 Å². The van der Waals surface area contributed by atoms with Gasteiger partial charge in [-0.25, -0.2) is 9.37 Å². The summed E-state index contributed by atoms with van der Waals surface area (Å²) >= 11 is 0. The molecule has 0 N–H and O–H groups in total. The van der Waals surface area contributed by atoms with Gasteiger partial charge in [-0.15, -0.1) is 10.2 Å². The second-order valence-corrected chi connectivity index (χ2v) is 4.52. The van der Waals surface area contributed by atoms with Crippen molar-refractivity contribution >= 4 is 11.1 Å². The molecule has 2 heterocycles. The minimum Gasteiger partial charge on any atom is -0.436 e. The van der Waals surface area contributed by atoms with Gasteiger partial charge in [-0.1, -0.05) is 12.1 Å². The van der Waals surface area contributed by atoms with E-state index in [1.54, 1.807) is 35.4 Å². The molecule has 0 fully saturated rings. The molecule has 0 aliphatic heterocycles. The third-order valence-electron chi connectivity index (χ3n) is 3.19. The Balaban J connectivity index is 1.85. The quantitative estimate of drug-likeness (QED) is 0.565. The van der Waals surface area contributed by atoms with Crippen LogP contribution in [0.5, 0.6) is 0 Å². The summed E-state index contributed by atoms with van der Waals surface area (Å²) in [6, 6.07) is 11.9. The number of benzene rings is 2. The molecule has 0 atom stereocenters. The Bertz CT molecular complexity index is 914. The van der Waals surface area contributed by atoms with Crippen molar-refractivity contribution in [3.63, 3.8) is 0 Å². The van der Waals surface area contributed by atoms with Crippen LogP contribution in [-0.2, 0) is 0 Å². The van der Waals surface area contributed by atoms with E-state index in [1.165, 1.54) is 6.07 Å². The Morgan fingerprint density at radius 3 is 2.62 bits per heavy atom. The average Bonchev–Trinajstić information content (AvgIpc) is 3.16. The number of hydrogen-bond acceptors (Lipinski definition) is 4. The highest BCUT2D eigenvalue weighted by atomic mass is 19.1. The van der Waals surface area contributed by atoms with E-state index in [-0.39, 0.29) is 11.7 Å². The normalized spacial score (nSPS) is 11.1. The molecule has 6 heteroatoms. The maximum atomic E-state index is 13.8. The fourth-order valence-electron chi connectivity index (χ4n) is 2.16. The minimum atomic E-state index is -0.358. The van der Waals surface area contributed by atoms with Crippen molar-refractivity contribution < 1.29 is 8.81 Å². The van der Waals surface area contributed by atoms with Crippen LogP contribution in [0.15, 0.2) is 59.5 Å². The molecule has 5 nitrogen and oxygen atoms in total. The van der Waals surface area contributed by atoms with Crippen molar-refractivity contribution in [1.29, 1.82) is 0 Å². The van der Waals surface area contributed by atoms with Crippen LogP contribution in [0.1, 0.15) is 0 Å². The SMILES string of the molecule is Fc1ccccc1-c1nc2ccc(-n3cnnc3)cc2o1. The van der Waals surface area contributed by atoms with Crippen molar-refractivity contribution in [3.05, 3.63) is 60.9 Å². The molecule has 0 amide bonds. The van der Waals surface area contributed by atoms with Crippen molar-refractivity contribution in [2.24, 2.45) is 0 Å². The lowest BCUT2D eigenvalue weighted by Crippen LogP contribution is -1.88. The number of hydrogen-bond donors (Lipinski definition) is 0. The number of oxazole rings is 1. The van der Waals surface area contributed by atoms with Crippen LogP contribution in [0.4, 0.5) is 4.39 Å². The lowest BCUT2D eigenvalue weighted by Gasteiger charge is -1.98. The molecule has 4 aromatic rings. The third kappa shape index (κ3) is 1.97. The van der Waals surface area contributed by atoms with Gasteiger partial charge >= 0.3 is 0 Å². The zero-order valence-corrected chi connectivity index (χ0v) is 10.8. The van der Waals surface area contributed by atoms with Gasteiger partial charge in [-0.3, -0.25) is 4.57 Å². The van der Waals surface area contributed by atoms with E-state index >= 15 is 0 Å². The lowest BCUT2D eigenvalue weighted by molar-refractivity contribution is 0.593. The molecule has 21 heavy (non-hydrogen) atoms. The summed E-state index contributed by atoms with van der Waals surface area (Å²) in [4.78, 5) is 4.32. The minimum absolute atomic E-state index is 0.268. The van der Waals surface area contributed by atoms with Gasteiger partial charge in [0.2, 0.25) is 5.89 Å². The zero-order chi connectivity index (χ0) is 14.2. The van der Waals surface area contributed by atoms with Crippen molar-refractivity contribution in [2.45, 2.75) is 0 Å². The first-order chi connectivity index (χ1) is 10.3. The molecular formula is C15H9FN4O. The van der Waals surface area contributed by atoms with E-state index in [0.717, 1.165) is 5.69 Å². The van der Waals surface area contributed by atoms with E-state index in [9.17, 15) is 4.39 Å². The van der Waals surface area contributed by atoms with Gasteiger partial charge in [0.25, 0.3) is 0 Å². The molecule has 2 aromatic heterocycles. The first-order valence-corrected chi connectivity index (χ1v) is 6.32. The van der Waals surface area contributed by atoms with Gasteiger partial charge in [0.15, 0.2) is 5.58 Å². The van der Waals surface area contributed by atoms with Crippen LogP contribution < -0.4 is 0 Å². The number of rotatable bonds is 2. The van der Waals surface area contributed by atoms with Gasteiger partial charge in [-0.2, -0.15) is 0 Å². The standard InChI is InChI=1S/C15H9FN4O/c16-12-4-2-1-3-11(12)15-19-13-6-5-10(7-14(13)21-15)20-8-17-18-9-20/h1-9H. The van der Waals surface area contributed by atoms with Crippen LogP contribution in [0, 0.1) is 5.82 Å². The summed E-state index contributed by atoms with van der Waals surface area (Å²) < 4.78 is 21.2. The number of aromatic nitrogens is 4. The summed E-state index contributed by atoms with van der Waals surface area (Å²) in [6.07, 6.45) is 3.19. The van der Waals surface area contributed by atoms with Gasteiger partial charge in [0.05, 0.1) is 11.3 Å². The maximum Gasteiger partial charge on any atom is 0.230 e. The molecule has 0 radical (unpaired) electrons. The molecule has 0 bridgehead atoms. The van der Waals surface area contributed by atoms with Crippen molar-refractivity contribution in [1.82, 2.24) is 19.7 Å². The van der Waals surface area contributed by atoms with Crippen LogP contribution in [-0.4, -0.2) is 19.7 Å². The van der Waals surface area contributed by atoms with Gasteiger partial charge in [0.1, 0.15) is 24.0 Å². The highest BCUT2D eigenvalue weighted by Gasteiger charge is 2.12. The molecule has 102 valence electrons. The van der Waals surface area contributed by atoms with Gasteiger partial charge in [0, 0.05) is 6.07 Å². The predicted octanol–water partition coefficient (Wildman–Crippen LogP) is 3.21. The maximum absolute atomic E-state index is 13.8. The topological polar surface area (TPSA) is 56.7 Å². The van der Waals surface area contributed by atoms with Crippen LogP contribution in [0.2, 0.25) is 0 Å². The largest absolute Gasteiger partial charge is 0.436 e. The summed E-state index contributed by atoms with van der Waals surface area (Å²) in [5.74, 6) is -0.0907. The van der Waals surface area contributed by atoms with E-state index in [0.29, 0.717) is 16.7 Å². The first-order valence-electron chi connectivity index (χ1n) is 6.32. The summed E-state index contributed by atoms with van der Waals surface area (Å²) in [5, 5.41) is 7.52. The Morgan fingerprint density at radius 2 is 1.81 bits per heavy atom. The van der Waals surface area contributed by atoms with E-state index in [1.807, 2.05) is 18.2 Å². The molecule has 0 saturated carbocycles. The Hall–Kier alpha value is -3.02. The van der Waals surface area contributed by atoms with Crippen LogP contribution >= 0.6 is 0 Å². The van der Waals surface area contributed by atoms with Gasteiger partial charge < -0.3 is 4.42 Å². The highest BCUT2D eigenvalue weighted by molar-refractivity contribution is 5.78. The molecule has 2 aromatic carbocycles. The summed E-state index contributed by atoms with van der Waals surface area (Å²) in [5.41, 5.74) is 2.45. The first kappa shape index (κ1) is 11.8. The average molecular weight is 280 g/mol. The third-order valence-corrected chi connectivity index (χ3v) is 3.19. The van der Waals surface area contributed by atoms with Crippen molar-refractivity contribution in [3.8, 4) is 17.1 Å². The predicted molar refractivity (Wildman–Crippen MR) is 74.3 cm³/mol. The fraction of sp³-hybridized carbons (Fsp3) is 0.